The lowest BCUT2D eigenvalue weighted by Crippen LogP contribution is -2.05. The van der Waals surface area contributed by atoms with Crippen molar-refractivity contribution in [3.63, 3.8) is 0 Å². The Labute approximate surface area is 141 Å². The van der Waals surface area contributed by atoms with Gasteiger partial charge in [0.1, 0.15) is 0 Å². The first-order valence-electron chi connectivity index (χ1n) is 6.00. The second-order valence-electron chi connectivity index (χ2n) is 4.12. The first-order valence-corrected chi connectivity index (χ1v) is 8.12. The topological polar surface area (TPSA) is 55.1 Å². The summed E-state index contributed by atoms with van der Waals surface area (Å²) in [5, 5.41) is 10.6. The third-order valence-electron chi connectivity index (χ3n) is 2.69. The van der Waals surface area contributed by atoms with Gasteiger partial charge in [0.15, 0.2) is 5.16 Å². The molecule has 0 bridgehead atoms. The number of hydrogen-bond acceptors (Lipinski definition) is 3. The molecule has 4 nitrogen and oxygen atoms in total. The molecular weight excluding hydrogens is 355 g/mol. The normalized spacial score (nSPS) is 10.9. The number of thioether (sulfide) groups is 1. The van der Waals surface area contributed by atoms with Crippen LogP contribution in [0.25, 0.3) is 5.69 Å². The van der Waals surface area contributed by atoms with E-state index in [1.54, 1.807) is 22.9 Å². The van der Waals surface area contributed by atoms with Crippen LogP contribution in [0, 0.1) is 0 Å². The number of rotatable bonds is 5. The molecule has 0 saturated carbocycles. The number of imidazole rings is 1. The van der Waals surface area contributed by atoms with E-state index in [9.17, 15) is 4.79 Å². The number of benzene rings is 1. The monoisotopic (exact) mass is 364 g/mol. The molecule has 8 heteroatoms. The Hall–Kier alpha value is -0.880. The Morgan fingerprint density at radius 1 is 1.33 bits per heavy atom. The van der Waals surface area contributed by atoms with Gasteiger partial charge in [0.2, 0.25) is 0 Å². The predicted molar refractivity (Wildman–Crippen MR) is 86.3 cm³/mol. The van der Waals surface area contributed by atoms with Gasteiger partial charge in [0.25, 0.3) is 0 Å². The largest absolute Gasteiger partial charge is 0.481 e. The van der Waals surface area contributed by atoms with Crippen molar-refractivity contribution in [1.29, 1.82) is 0 Å². The fourth-order valence-corrected chi connectivity index (χ4v) is 3.54. The standard InChI is InChI=1S/C13H11Cl3N2O2S/c1-2-8-5-17-13(21-6-11(19)20)18(8)12-9(15)3-7(14)4-10(12)16/h3-5H,2,6H2,1H3,(H,19,20). The highest BCUT2D eigenvalue weighted by Crippen LogP contribution is 2.35. The second kappa shape index (κ2) is 6.92. The molecule has 1 heterocycles. The lowest BCUT2D eigenvalue weighted by atomic mass is 10.3. The van der Waals surface area contributed by atoms with Crippen LogP contribution in [0.3, 0.4) is 0 Å². The number of aliphatic carboxylic acids is 1. The van der Waals surface area contributed by atoms with Gasteiger partial charge in [-0.05, 0) is 18.6 Å². The molecule has 21 heavy (non-hydrogen) atoms. The van der Waals surface area contributed by atoms with Crippen LogP contribution >= 0.6 is 46.6 Å². The van der Waals surface area contributed by atoms with Crippen molar-refractivity contribution in [2.24, 2.45) is 0 Å². The van der Waals surface area contributed by atoms with Gasteiger partial charge in [-0.25, -0.2) is 4.98 Å². The van der Waals surface area contributed by atoms with Crippen molar-refractivity contribution in [2.45, 2.75) is 18.5 Å². The van der Waals surface area contributed by atoms with E-state index in [4.69, 9.17) is 39.9 Å². The molecule has 0 fully saturated rings. The number of hydrogen-bond donors (Lipinski definition) is 1. The SMILES string of the molecule is CCc1cnc(SCC(=O)O)n1-c1c(Cl)cc(Cl)cc1Cl. The molecule has 2 rings (SSSR count). The Balaban J connectivity index is 2.56. The molecule has 0 radical (unpaired) electrons. The minimum Gasteiger partial charge on any atom is -0.481 e. The number of nitrogens with zero attached hydrogens (tertiary/aromatic N) is 2. The fourth-order valence-electron chi connectivity index (χ4n) is 1.83. The highest BCUT2D eigenvalue weighted by molar-refractivity contribution is 7.99. The average Bonchev–Trinajstić information content (AvgIpc) is 2.78. The quantitative estimate of drug-likeness (QED) is 0.788. The molecule has 2 aromatic rings. The van der Waals surface area contributed by atoms with Gasteiger partial charge in [0, 0.05) is 16.9 Å². The Morgan fingerprint density at radius 2 is 1.95 bits per heavy atom. The van der Waals surface area contributed by atoms with Crippen LogP contribution in [0.2, 0.25) is 15.1 Å². The maximum Gasteiger partial charge on any atom is 0.313 e. The van der Waals surface area contributed by atoms with Gasteiger partial charge >= 0.3 is 5.97 Å². The zero-order valence-corrected chi connectivity index (χ0v) is 14.0. The summed E-state index contributed by atoms with van der Waals surface area (Å²) in [6.45, 7) is 1.97. The van der Waals surface area contributed by atoms with Gasteiger partial charge < -0.3 is 5.11 Å². The minimum atomic E-state index is -0.916. The summed E-state index contributed by atoms with van der Waals surface area (Å²) in [7, 11) is 0. The van der Waals surface area contributed by atoms with E-state index >= 15 is 0 Å². The zero-order chi connectivity index (χ0) is 15.6. The molecule has 0 amide bonds. The van der Waals surface area contributed by atoms with Crippen LogP contribution in [0.15, 0.2) is 23.5 Å². The number of carbonyl (C=O) groups is 1. The van der Waals surface area contributed by atoms with E-state index in [1.807, 2.05) is 6.92 Å². The smallest absolute Gasteiger partial charge is 0.313 e. The summed E-state index contributed by atoms with van der Waals surface area (Å²) in [5.74, 6) is -1.01. The van der Waals surface area contributed by atoms with Crippen molar-refractivity contribution in [1.82, 2.24) is 9.55 Å². The van der Waals surface area contributed by atoms with Gasteiger partial charge in [-0.1, -0.05) is 53.5 Å². The van der Waals surface area contributed by atoms with Crippen LogP contribution < -0.4 is 0 Å². The number of aryl methyl sites for hydroxylation is 1. The number of carboxylic acid groups (broad SMARTS) is 1. The van der Waals surface area contributed by atoms with Crippen molar-refractivity contribution in [3.05, 3.63) is 39.1 Å². The van der Waals surface area contributed by atoms with Crippen LogP contribution in [-0.2, 0) is 11.2 Å². The van der Waals surface area contributed by atoms with Gasteiger partial charge in [-0.15, -0.1) is 0 Å². The molecule has 112 valence electrons. The third kappa shape index (κ3) is 3.66. The first kappa shape index (κ1) is 16.5. The molecule has 0 unspecified atom stereocenters. The number of halogens is 3. The lowest BCUT2D eigenvalue weighted by Gasteiger charge is -2.14. The van der Waals surface area contributed by atoms with Crippen LogP contribution in [0.1, 0.15) is 12.6 Å². The summed E-state index contributed by atoms with van der Waals surface area (Å²) < 4.78 is 1.77. The number of carboxylic acids is 1. The van der Waals surface area contributed by atoms with E-state index < -0.39 is 5.97 Å². The second-order valence-corrected chi connectivity index (χ2v) is 6.31. The zero-order valence-electron chi connectivity index (χ0n) is 10.9. The molecule has 0 spiro atoms. The van der Waals surface area contributed by atoms with E-state index in [0.29, 0.717) is 32.3 Å². The summed E-state index contributed by atoms with van der Waals surface area (Å²) in [6, 6.07) is 3.19. The molecule has 0 saturated heterocycles. The number of aromatic nitrogens is 2. The Morgan fingerprint density at radius 3 is 2.48 bits per heavy atom. The molecule has 0 aliphatic carbocycles. The van der Waals surface area contributed by atoms with Gasteiger partial charge in [0.05, 0.1) is 21.5 Å². The van der Waals surface area contributed by atoms with E-state index in [2.05, 4.69) is 4.98 Å². The molecular formula is C13H11Cl3N2O2S. The van der Waals surface area contributed by atoms with Crippen LogP contribution in [0.5, 0.6) is 0 Å². The first-order chi connectivity index (χ1) is 9.93. The van der Waals surface area contributed by atoms with Crippen molar-refractivity contribution < 1.29 is 9.90 Å². The highest BCUT2D eigenvalue weighted by Gasteiger charge is 2.18. The predicted octanol–water partition coefficient (Wildman–Crippen LogP) is 4.57. The van der Waals surface area contributed by atoms with E-state index in [-0.39, 0.29) is 5.75 Å². The molecule has 1 aromatic carbocycles. The summed E-state index contributed by atoms with van der Waals surface area (Å²) in [4.78, 5) is 15.0. The van der Waals surface area contributed by atoms with Crippen LogP contribution in [-0.4, -0.2) is 26.4 Å². The van der Waals surface area contributed by atoms with E-state index in [0.717, 1.165) is 17.5 Å². The molecule has 0 atom stereocenters. The maximum atomic E-state index is 10.7. The lowest BCUT2D eigenvalue weighted by molar-refractivity contribution is -0.133. The Kier molecular flexibility index (Phi) is 5.43. The maximum absolute atomic E-state index is 10.7. The van der Waals surface area contributed by atoms with Gasteiger partial charge in [-0.3, -0.25) is 9.36 Å². The summed E-state index contributed by atoms with van der Waals surface area (Å²) in [5.41, 5.74) is 1.44. The Bertz CT molecular complexity index is 665. The fraction of sp³-hybridized carbons (Fsp3) is 0.231. The minimum absolute atomic E-state index is 0.0943. The van der Waals surface area contributed by atoms with Crippen molar-refractivity contribution in [2.75, 3.05) is 5.75 Å². The third-order valence-corrected chi connectivity index (χ3v) is 4.43. The molecule has 0 aliphatic heterocycles. The van der Waals surface area contributed by atoms with Crippen molar-refractivity contribution in [3.8, 4) is 5.69 Å². The van der Waals surface area contributed by atoms with Crippen molar-refractivity contribution >= 4 is 52.5 Å². The summed E-state index contributed by atoms with van der Waals surface area (Å²) in [6.07, 6.45) is 2.39. The highest BCUT2D eigenvalue weighted by atomic mass is 35.5. The van der Waals surface area contributed by atoms with E-state index in [1.165, 1.54) is 0 Å². The molecule has 1 N–H and O–H groups in total. The average molecular weight is 366 g/mol. The molecule has 1 aromatic heterocycles. The summed E-state index contributed by atoms with van der Waals surface area (Å²) >= 11 is 19.5. The van der Waals surface area contributed by atoms with Crippen LogP contribution in [0.4, 0.5) is 0 Å². The molecule has 0 aliphatic rings. The van der Waals surface area contributed by atoms with Gasteiger partial charge in [-0.2, -0.15) is 0 Å².